The first-order valence-corrected chi connectivity index (χ1v) is 11.3. The first-order chi connectivity index (χ1) is 13.9. The Hall–Kier alpha value is -2.51. The second-order valence-electron chi connectivity index (χ2n) is 7.49. The SMILES string of the molecule is O=C(O[C@@H]1CCCCC1=O)c1cccc(S(=O)(=O)N2CCc3ccccc3C2)c1. The Morgan fingerprint density at radius 2 is 1.79 bits per heavy atom. The van der Waals surface area contributed by atoms with Crippen molar-refractivity contribution < 1.29 is 22.7 Å². The molecule has 1 atom stereocenters. The van der Waals surface area contributed by atoms with E-state index in [4.69, 9.17) is 4.74 Å². The normalized spacial score (nSPS) is 20.1. The molecule has 2 aliphatic rings. The summed E-state index contributed by atoms with van der Waals surface area (Å²) in [4.78, 5) is 24.5. The first kappa shape index (κ1) is 19.8. The molecular formula is C22H23NO5S. The van der Waals surface area contributed by atoms with Crippen molar-refractivity contribution in [3.63, 3.8) is 0 Å². The Morgan fingerprint density at radius 3 is 2.59 bits per heavy atom. The zero-order valence-electron chi connectivity index (χ0n) is 16.0. The maximum Gasteiger partial charge on any atom is 0.338 e. The number of ether oxygens (including phenoxy) is 1. The minimum absolute atomic E-state index is 0.0568. The molecule has 2 aromatic carbocycles. The number of hydrogen-bond acceptors (Lipinski definition) is 5. The predicted octanol–water partition coefficient (Wildman–Crippen LogP) is 3.10. The van der Waals surface area contributed by atoms with Crippen molar-refractivity contribution in [2.24, 2.45) is 0 Å². The van der Waals surface area contributed by atoms with Crippen LogP contribution >= 0.6 is 0 Å². The van der Waals surface area contributed by atoms with Gasteiger partial charge >= 0.3 is 5.97 Å². The fourth-order valence-electron chi connectivity index (χ4n) is 3.88. The molecular weight excluding hydrogens is 390 g/mol. The van der Waals surface area contributed by atoms with E-state index in [0.717, 1.165) is 24.0 Å². The molecule has 1 aliphatic heterocycles. The summed E-state index contributed by atoms with van der Waals surface area (Å²) in [6.45, 7) is 0.703. The molecule has 0 radical (unpaired) electrons. The number of rotatable bonds is 4. The summed E-state index contributed by atoms with van der Waals surface area (Å²) in [5.41, 5.74) is 2.30. The highest BCUT2D eigenvalue weighted by atomic mass is 32.2. The topological polar surface area (TPSA) is 80.8 Å². The third-order valence-electron chi connectivity index (χ3n) is 5.55. The number of sulfonamides is 1. The highest BCUT2D eigenvalue weighted by molar-refractivity contribution is 7.89. The van der Waals surface area contributed by atoms with Gasteiger partial charge in [-0.05, 0) is 55.0 Å². The zero-order valence-corrected chi connectivity index (χ0v) is 16.9. The molecule has 2 aromatic rings. The van der Waals surface area contributed by atoms with Gasteiger partial charge in [0.1, 0.15) is 0 Å². The lowest BCUT2D eigenvalue weighted by Gasteiger charge is -2.28. The van der Waals surface area contributed by atoms with E-state index in [0.29, 0.717) is 32.4 Å². The van der Waals surface area contributed by atoms with Crippen molar-refractivity contribution >= 4 is 21.8 Å². The third kappa shape index (κ3) is 4.11. The molecule has 1 fully saturated rings. The van der Waals surface area contributed by atoms with Crippen LogP contribution in [0, 0.1) is 0 Å². The van der Waals surface area contributed by atoms with Gasteiger partial charge in [-0.2, -0.15) is 4.31 Å². The molecule has 0 amide bonds. The maximum atomic E-state index is 13.1. The molecule has 1 saturated carbocycles. The minimum Gasteiger partial charge on any atom is -0.451 e. The summed E-state index contributed by atoms with van der Waals surface area (Å²) in [6.07, 6.45) is 2.53. The van der Waals surface area contributed by atoms with Crippen molar-refractivity contribution in [1.29, 1.82) is 0 Å². The molecule has 0 aromatic heterocycles. The van der Waals surface area contributed by atoms with Crippen LogP contribution in [0.4, 0.5) is 0 Å². The number of benzene rings is 2. The zero-order chi connectivity index (χ0) is 20.4. The van der Waals surface area contributed by atoms with Crippen LogP contribution in [0.1, 0.15) is 47.2 Å². The largest absolute Gasteiger partial charge is 0.451 e. The lowest BCUT2D eigenvalue weighted by Crippen LogP contribution is -2.36. The van der Waals surface area contributed by atoms with Gasteiger partial charge in [0.2, 0.25) is 10.0 Å². The second kappa shape index (κ2) is 8.08. The minimum atomic E-state index is -3.75. The molecule has 1 heterocycles. The van der Waals surface area contributed by atoms with Crippen LogP contribution < -0.4 is 0 Å². The van der Waals surface area contributed by atoms with Crippen LogP contribution in [0.2, 0.25) is 0 Å². The predicted molar refractivity (Wildman–Crippen MR) is 107 cm³/mol. The molecule has 152 valence electrons. The summed E-state index contributed by atoms with van der Waals surface area (Å²) in [5.74, 6) is -0.730. The highest BCUT2D eigenvalue weighted by Crippen LogP contribution is 2.26. The number of carbonyl (C=O) groups is 2. The van der Waals surface area contributed by atoms with Crippen LogP contribution in [-0.4, -0.2) is 37.1 Å². The van der Waals surface area contributed by atoms with E-state index in [9.17, 15) is 18.0 Å². The standard InChI is InChI=1S/C22H23NO5S/c24-20-10-3-4-11-21(20)28-22(25)17-8-5-9-19(14-17)29(26,27)23-13-12-16-6-1-2-7-18(16)15-23/h1-2,5-9,14,21H,3-4,10-13,15H2/t21-/m1/s1. The van der Waals surface area contributed by atoms with Gasteiger partial charge in [0.25, 0.3) is 0 Å². The maximum absolute atomic E-state index is 13.1. The van der Waals surface area contributed by atoms with Gasteiger partial charge in [-0.1, -0.05) is 30.3 Å². The Labute approximate surface area is 170 Å². The summed E-state index contributed by atoms with van der Waals surface area (Å²) in [5, 5.41) is 0. The van der Waals surface area contributed by atoms with Gasteiger partial charge in [-0.3, -0.25) is 4.79 Å². The van der Waals surface area contributed by atoms with Crippen molar-refractivity contribution in [2.75, 3.05) is 6.54 Å². The Morgan fingerprint density at radius 1 is 1.00 bits per heavy atom. The summed E-state index contributed by atoms with van der Waals surface area (Å²) in [6, 6.07) is 13.7. The van der Waals surface area contributed by atoms with E-state index in [2.05, 4.69) is 0 Å². The summed E-state index contributed by atoms with van der Waals surface area (Å²) < 4.78 is 33.1. The summed E-state index contributed by atoms with van der Waals surface area (Å²) in [7, 11) is -3.75. The average molecular weight is 413 g/mol. The van der Waals surface area contributed by atoms with Gasteiger partial charge in [-0.15, -0.1) is 0 Å². The third-order valence-corrected chi connectivity index (χ3v) is 7.39. The van der Waals surface area contributed by atoms with E-state index < -0.39 is 22.1 Å². The van der Waals surface area contributed by atoms with Crippen molar-refractivity contribution in [3.05, 3.63) is 65.2 Å². The molecule has 0 bridgehead atoms. The number of nitrogens with zero attached hydrogens (tertiary/aromatic N) is 1. The van der Waals surface area contributed by atoms with Gasteiger partial charge in [0, 0.05) is 19.5 Å². The Kier molecular flexibility index (Phi) is 5.52. The van der Waals surface area contributed by atoms with Gasteiger partial charge < -0.3 is 4.74 Å². The summed E-state index contributed by atoms with van der Waals surface area (Å²) >= 11 is 0. The fraction of sp³-hybridized carbons (Fsp3) is 0.364. The molecule has 29 heavy (non-hydrogen) atoms. The number of hydrogen-bond donors (Lipinski definition) is 0. The number of ketones is 1. The smallest absolute Gasteiger partial charge is 0.338 e. The van der Waals surface area contributed by atoms with E-state index in [-0.39, 0.29) is 16.2 Å². The molecule has 6 nitrogen and oxygen atoms in total. The van der Waals surface area contributed by atoms with E-state index in [1.165, 1.54) is 28.6 Å². The van der Waals surface area contributed by atoms with Crippen molar-refractivity contribution in [3.8, 4) is 0 Å². The first-order valence-electron chi connectivity index (χ1n) is 9.86. The molecule has 0 N–H and O–H groups in total. The number of fused-ring (bicyclic) bond motifs is 1. The highest BCUT2D eigenvalue weighted by Gasteiger charge is 2.30. The van der Waals surface area contributed by atoms with Crippen molar-refractivity contribution in [1.82, 2.24) is 4.31 Å². The molecule has 4 rings (SSSR count). The average Bonchev–Trinajstić information content (AvgIpc) is 2.75. The molecule has 1 aliphatic carbocycles. The quantitative estimate of drug-likeness (QED) is 0.720. The van der Waals surface area contributed by atoms with Gasteiger partial charge in [-0.25, -0.2) is 13.2 Å². The molecule has 7 heteroatoms. The van der Waals surface area contributed by atoms with Gasteiger partial charge in [0.15, 0.2) is 11.9 Å². The number of carbonyl (C=O) groups excluding carboxylic acids is 2. The van der Waals surface area contributed by atoms with Crippen molar-refractivity contribution in [2.45, 2.75) is 49.6 Å². The molecule has 0 spiro atoms. The van der Waals surface area contributed by atoms with E-state index in [1.807, 2.05) is 24.3 Å². The van der Waals surface area contributed by atoms with Crippen LogP contribution in [-0.2, 0) is 32.5 Å². The monoisotopic (exact) mass is 413 g/mol. The van der Waals surface area contributed by atoms with Crippen LogP contribution in [0.15, 0.2) is 53.4 Å². The van der Waals surface area contributed by atoms with Crippen LogP contribution in [0.5, 0.6) is 0 Å². The number of Topliss-reactive ketones (excluding diaryl/α,β-unsaturated/α-hetero) is 1. The van der Waals surface area contributed by atoms with E-state index in [1.54, 1.807) is 0 Å². The van der Waals surface area contributed by atoms with Crippen LogP contribution in [0.3, 0.4) is 0 Å². The lowest BCUT2D eigenvalue weighted by atomic mass is 9.96. The van der Waals surface area contributed by atoms with Gasteiger partial charge in [0.05, 0.1) is 10.5 Å². The number of esters is 1. The molecule has 0 saturated heterocycles. The molecule has 0 unspecified atom stereocenters. The lowest BCUT2D eigenvalue weighted by molar-refractivity contribution is -0.129. The van der Waals surface area contributed by atoms with Crippen LogP contribution in [0.25, 0.3) is 0 Å². The second-order valence-corrected chi connectivity index (χ2v) is 9.43. The fourth-order valence-corrected chi connectivity index (χ4v) is 5.35. The Bertz CT molecular complexity index is 1050. The van der Waals surface area contributed by atoms with E-state index >= 15 is 0 Å². The Balaban J connectivity index is 1.53.